The van der Waals surface area contributed by atoms with Gasteiger partial charge in [-0.3, -0.25) is 4.79 Å². The average molecular weight is 272 g/mol. The average Bonchev–Trinajstić information content (AvgIpc) is 2.87. The number of thiophene rings is 1. The normalized spacial score (nSPS) is 11.5. The molecule has 1 aromatic carbocycles. The van der Waals surface area contributed by atoms with Crippen molar-refractivity contribution in [1.82, 2.24) is 0 Å². The van der Waals surface area contributed by atoms with Crippen molar-refractivity contribution in [3.8, 4) is 0 Å². The summed E-state index contributed by atoms with van der Waals surface area (Å²) < 4.78 is 0. The number of ketones is 1. The van der Waals surface area contributed by atoms with Crippen LogP contribution >= 0.6 is 11.3 Å². The van der Waals surface area contributed by atoms with Gasteiger partial charge in [0.05, 0.1) is 0 Å². The second-order valence-corrected chi connectivity index (χ2v) is 6.57. The van der Waals surface area contributed by atoms with Crippen LogP contribution in [0.2, 0.25) is 0 Å². The third kappa shape index (κ3) is 3.13. The van der Waals surface area contributed by atoms with E-state index in [2.05, 4.69) is 19.1 Å². The van der Waals surface area contributed by atoms with Gasteiger partial charge < -0.3 is 0 Å². The SMILES string of the molecule is CCc1ccc(CC(=O)C(C)(C)c2ccccc2)s1. The summed E-state index contributed by atoms with van der Waals surface area (Å²) in [6.45, 7) is 6.17. The molecule has 0 unspecified atom stereocenters. The van der Waals surface area contributed by atoms with Crippen molar-refractivity contribution in [3.63, 3.8) is 0 Å². The van der Waals surface area contributed by atoms with Gasteiger partial charge >= 0.3 is 0 Å². The van der Waals surface area contributed by atoms with Gasteiger partial charge in [-0.15, -0.1) is 11.3 Å². The number of hydrogen-bond acceptors (Lipinski definition) is 2. The van der Waals surface area contributed by atoms with E-state index in [0.29, 0.717) is 6.42 Å². The quantitative estimate of drug-likeness (QED) is 0.788. The Morgan fingerprint density at radius 1 is 1.05 bits per heavy atom. The maximum atomic E-state index is 12.5. The molecule has 2 aromatic rings. The van der Waals surface area contributed by atoms with Crippen molar-refractivity contribution >= 4 is 17.1 Å². The zero-order chi connectivity index (χ0) is 13.9. The molecule has 0 saturated carbocycles. The van der Waals surface area contributed by atoms with Crippen LogP contribution in [0.5, 0.6) is 0 Å². The summed E-state index contributed by atoms with van der Waals surface area (Å²) in [4.78, 5) is 15.1. The predicted octanol–water partition coefficient (Wildman–Crippen LogP) is 4.40. The molecule has 0 aliphatic carbocycles. The van der Waals surface area contributed by atoms with Gasteiger partial charge in [0.25, 0.3) is 0 Å². The standard InChI is InChI=1S/C17H20OS/c1-4-14-10-11-15(19-14)12-16(18)17(2,3)13-8-6-5-7-9-13/h5-11H,4,12H2,1-3H3. The van der Waals surface area contributed by atoms with Gasteiger partial charge in [0.15, 0.2) is 0 Å². The monoisotopic (exact) mass is 272 g/mol. The number of carbonyl (C=O) groups is 1. The van der Waals surface area contributed by atoms with E-state index in [1.165, 1.54) is 9.75 Å². The molecule has 0 amide bonds. The summed E-state index contributed by atoms with van der Waals surface area (Å²) in [5.74, 6) is 0.281. The molecule has 0 saturated heterocycles. The molecule has 2 heteroatoms. The lowest BCUT2D eigenvalue weighted by Crippen LogP contribution is -2.30. The number of Topliss-reactive ketones (excluding diaryl/α,β-unsaturated/α-hetero) is 1. The van der Waals surface area contributed by atoms with Crippen molar-refractivity contribution in [1.29, 1.82) is 0 Å². The van der Waals surface area contributed by atoms with Crippen LogP contribution in [0.3, 0.4) is 0 Å². The molecule has 0 spiro atoms. The minimum absolute atomic E-state index is 0.281. The fourth-order valence-corrected chi connectivity index (χ4v) is 3.06. The minimum atomic E-state index is -0.419. The lowest BCUT2D eigenvalue weighted by Gasteiger charge is -2.23. The number of carbonyl (C=O) groups excluding carboxylic acids is 1. The van der Waals surface area contributed by atoms with E-state index in [1.54, 1.807) is 11.3 Å². The largest absolute Gasteiger partial charge is 0.298 e. The number of hydrogen-bond donors (Lipinski definition) is 0. The lowest BCUT2D eigenvalue weighted by molar-refractivity contribution is -0.122. The Labute approximate surface area is 119 Å². The van der Waals surface area contributed by atoms with Crippen LogP contribution in [0.15, 0.2) is 42.5 Å². The highest BCUT2D eigenvalue weighted by atomic mass is 32.1. The summed E-state index contributed by atoms with van der Waals surface area (Å²) in [6.07, 6.45) is 1.58. The molecule has 2 rings (SSSR count). The molecule has 1 nitrogen and oxygen atoms in total. The maximum Gasteiger partial charge on any atom is 0.148 e. The van der Waals surface area contributed by atoms with Crippen LogP contribution in [-0.2, 0) is 23.1 Å². The Kier molecular flexibility index (Phi) is 4.20. The third-order valence-corrected chi connectivity index (χ3v) is 4.82. The first kappa shape index (κ1) is 14.0. The van der Waals surface area contributed by atoms with Crippen LogP contribution in [0.1, 0.15) is 36.1 Å². The zero-order valence-electron chi connectivity index (χ0n) is 11.8. The molecule has 100 valence electrons. The van der Waals surface area contributed by atoms with Gasteiger partial charge in [-0.1, -0.05) is 37.3 Å². The molecular weight excluding hydrogens is 252 g/mol. The molecule has 0 aliphatic rings. The van der Waals surface area contributed by atoms with E-state index < -0.39 is 5.41 Å². The van der Waals surface area contributed by atoms with Crippen molar-refractivity contribution in [2.24, 2.45) is 0 Å². The molecule has 1 aromatic heterocycles. The topological polar surface area (TPSA) is 17.1 Å². The maximum absolute atomic E-state index is 12.5. The van der Waals surface area contributed by atoms with Crippen LogP contribution in [-0.4, -0.2) is 5.78 Å². The summed E-state index contributed by atoms with van der Waals surface area (Å²) >= 11 is 1.75. The molecular formula is C17H20OS. The van der Waals surface area contributed by atoms with Gasteiger partial charge in [0.2, 0.25) is 0 Å². The van der Waals surface area contributed by atoms with Crippen LogP contribution in [0.25, 0.3) is 0 Å². The first-order valence-electron chi connectivity index (χ1n) is 6.70. The molecule has 0 N–H and O–H groups in total. The van der Waals surface area contributed by atoms with E-state index in [9.17, 15) is 4.79 Å². The van der Waals surface area contributed by atoms with E-state index in [4.69, 9.17) is 0 Å². The zero-order valence-corrected chi connectivity index (χ0v) is 12.6. The highest BCUT2D eigenvalue weighted by Crippen LogP contribution is 2.27. The van der Waals surface area contributed by atoms with E-state index in [0.717, 1.165) is 12.0 Å². The van der Waals surface area contributed by atoms with Gasteiger partial charge in [-0.2, -0.15) is 0 Å². The van der Waals surface area contributed by atoms with Gasteiger partial charge in [0, 0.05) is 21.6 Å². The Balaban J connectivity index is 2.15. The summed E-state index contributed by atoms with van der Waals surface area (Å²) in [6, 6.07) is 14.2. The fourth-order valence-electron chi connectivity index (χ4n) is 2.10. The van der Waals surface area contributed by atoms with Crippen LogP contribution in [0, 0.1) is 0 Å². The molecule has 0 bridgehead atoms. The molecule has 19 heavy (non-hydrogen) atoms. The molecule has 0 radical (unpaired) electrons. The number of rotatable bonds is 5. The van der Waals surface area contributed by atoms with E-state index in [-0.39, 0.29) is 5.78 Å². The van der Waals surface area contributed by atoms with Crippen molar-refractivity contribution in [2.75, 3.05) is 0 Å². The first-order chi connectivity index (χ1) is 9.04. The molecule has 0 atom stereocenters. The van der Waals surface area contributed by atoms with Crippen molar-refractivity contribution in [3.05, 3.63) is 57.8 Å². The smallest absolute Gasteiger partial charge is 0.148 e. The Hall–Kier alpha value is -1.41. The van der Waals surface area contributed by atoms with Crippen LogP contribution in [0.4, 0.5) is 0 Å². The van der Waals surface area contributed by atoms with E-state index in [1.807, 2.05) is 44.2 Å². The van der Waals surface area contributed by atoms with Crippen molar-refractivity contribution in [2.45, 2.75) is 39.0 Å². The van der Waals surface area contributed by atoms with Gasteiger partial charge in [-0.25, -0.2) is 0 Å². The number of benzene rings is 1. The van der Waals surface area contributed by atoms with Crippen molar-refractivity contribution < 1.29 is 4.79 Å². The molecule has 0 fully saturated rings. The summed E-state index contributed by atoms with van der Waals surface area (Å²) in [5.41, 5.74) is 0.671. The minimum Gasteiger partial charge on any atom is -0.298 e. The Morgan fingerprint density at radius 3 is 2.26 bits per heavy atom. The van der Waals surface area contributed by atoms with Gasteiger partial charge in [-0.05, 0) is 38.0 Å². The first-order valence-corrected chi connectivity index (χ1v) is 7.52. The third-order valence-electron chi connectivity index (χ3n) is 3.59. The summed E-state index contributed by atoms with van der Waals surface area (Å²) in [5, 5.41) is 0. The Morgan fingerprint density at radius 2 is 1.68 bits per heavy atom. The molecule has 1 heterocycles. The number of aryl methyl sites for hydroxylation is 1. The fraction of sp³-hybridized carbons (Fsp3) is 0.353. The second-order valence-electron chi connectivity index (χ2n) is 5.31. The molecule has 0 aliphatic heterocycles. The summed E-state index contributed by atoms with van der Waals surface area (Å²) in [7, 11) is 0. The highest BCUT2D eigenvalue weighted by Gasteiger charge is 2.29. The second kappa shape index (κ2) is 5.70. The van der Waals surface area contributed by atoms with Crippen LogP contribution < -0.4 is 0 Å². The highest BCUT2D eigenvalue weighted by molar-refractivity contribution is 7.12. The predicted molar refractivity (Wildman–Crippen MR) is 81.9 cm³/mol. The lowest BCUT2D eigenvalue weighted by atomic mass is 9.79. The Bertz CT molecular complexity index is 552. The van der Waals surface area contributed by atoms with E-state index >= 15 is 0 Å². The van der Waals surface area contributed by atoms with Gasteiger partial charge in [0.1, 0.15) is 5.78 Å².